The van der Waals surface area contributed by atoms with E-state index in [-0.39, 0.29) is 10.8 Å². The number of amides is 1. The van der Waals surface area contributed by atoms with Crippen LogP contribution in [0.15, 0.2) is 23.1 Å². The summed E-state index contributed by atoms with van der Waals surface area (Å²) >= 11 is 0. The fourth-order valence-electron chi connectivity index (χ4n) is 2.32. The standard InChI is InChI=1S/C15H24N4O4S/c1-18(2)13-6-5-11(24(21,22)19(3)4)9-12(13)17-15(20)14-10-16-7-8-23-14/h5-6,9,14,16H,7-8,10H2,1-4H3,(H,17,20). The summed E-state index contributed by atoms with van der Waals surface area (Å²) in [7, 11) is 3.00. The van der Waals surface area contributed by atoms with Crippen molar-refractivity contribution in [2.45, 2.75) is 11.0 Å². The minimum absolute atomic E-state index is 0.121. The van der Waals surface area contributed by atoms with Crippen LogP contribution in [0.1, 0.15) is 0 Å². The first-order valence-corrected chi connectivity index (χ1v) is 9.04. The number of nitrogens with zero attached hydrogens (tertiary/aromatic N) is 2. The fourth-order valence-corrected chi connectivity index (χ4v) is 3.25. The molecule has 0 aromatic heterocycles. The van der Waals surface area contributed by atoms with Crippen molar-refractivity contribution in [2.75, 3.05) is 58.1 Å². The van der Waals surface area contributed by atoms with E-state index in [0.29, 0.717) is 31.1 Å². The molecule has 2 N–H and O–H groups in total. The van der Waals surface area contributed by atoms with Crippen molar-refractivity contribution >= 4 is 27.3 Å². The topological polar surface area (TPSA) is 91.0 Å². The Hall–Kier alpha value is -1.68. The highest BCUT2D eigenvalue weighted by Gasteiger charge is 2.24. The molecular weight excluding hydrogens is 332 g/mol. The van der Waals surface area contributed by atoms with Gasteiger partial charge in [-0.2, -0.15) is 0 Å². The number of nitrogens with one attached hydrogen (secondary N) is 2. The zero-order chi connectivity index (χ0) is 17.9. The number of ether oxygens (including phenoxy) is 1. The quantitative estimate of drug-likeness (QED) is 0.768. The van der Waals surface area contributed by atoms with Gasteiger partial charge in [-0.1, -0.05) is 0 Å². The lowest BCUT2D eigenvalue weighted by atomic mass is 10.2. The smallest absolute Gasteiger partial charge is 0.254 e. The van der Waals surface area contributed by atoms with Crippen molar-refractivity contribution in [3.63, 3.8) is 0 Å². The molecule has 134 valence electrons. The van der Waals surface area contributed by atoms with Crippen LogP contribution in [0.4, 0.5) is 11.4 Å². The van der Waals surface area contributed by atoms with Crippen molar-refractivity contribution in [3.8, 4) is 0 Å². The molecule has 0 spiro atoms. The van der Waals surface area contributed by atoms with Crippen LogP contribution < -0.4 is 15.5 Å². The predicted molar refractivity (Wildman–Crippen MR) is 92.9 cm³/mol. The largest absolute Gasteiger partial charge is 0.376 e. The Morgan fingerprint density at radius 1 is 1.29 bits per heavy atom. The Kier molecular flexibility index (Phi) is 5.81. The maximum Gasteiger partial charge on any atom is 0.254 e. The van der Waals surface area contributed by atoms with Crippen molar-refractivity contribution in [1.82, 2.24) is 9.62 Å². The third kappa shape index (κ3) is 4.04. The molecule has 1 heterocycles. The van der Waals surface area contributed by atoms with E-state index in [1.807, 2.05) is 19.0 Å². The van der Waals surface area contributed by atoms with E-state index in [1.54, 1.807) is 6.07 Å². The maximum atomic E-state index is 12.4. The van der Waals surface area contributed by atoms with E-state index in [4.69, 9.17) is 4.74 Å². The van der Waals surface area contributed by atoms with E-state index >= 15 is 0 Å². The van der Waals surface area contributed by atoms with Gasteiger partial charge < -0.3 is 20.3 Å². The van der Waals surface area contributed by atoms with Gasteiger partial charge in [-0.3, -0.25) is 4.79 Å². The van der Waals surface area contributed by atoms with Crippen LogP contribution in [0.5, 0.6) is 0 Å². The molecule has 2 rings (SSSR count). The normalized spacial score (nSPS) is 18.5. The van der Waals surface area contributed by atoms with Gasteiger partial charge in [0.25, 0.3) is 5.91 Å². The van der Waals surface area contributed by atoms with Gasteiger partial charge in [0, 0.05) is 41.3 Å². The van der Waals surface area contributed by atoms with Crippen molar-refractivity contribution < 1.29 is 17.9 Å². The van der Waals surface area contributed by atoms with Gasteiger partial charge in [-0.05, 0) is 18.2 Å². The SMILES string of the molecule is CN(C)c1ccc(S(=O)(=O)N(C)C)cc1NC(=O)C1CNCCO1. The van der Waals surface area contributed by atoms with Gasteiger partial charge in [0.05, 0.1) is 22.9 Å². The second-order valence-corrected chi connectivity index (χ2v) is 8.07. The number of morpholine rings is 1. The Morgan fingerprint density at radius 3 is 2.54 bits per heavy atom. The fraction of sp³-hybridized carbons (Fsp3) is 0.533. The van der Waals surface area contributed by atoms with Crippen LogP contribution in [0.2, 0.25) is 0 Å². The van der Waals surface area contributed by atoms with Gasteiger partial charge >= 0.3 is 0 Å². The number of sulfonamides is 1. The third-order valence-electron chi connectivity index (χ3n) is 3.71. The molecule has 1 amide bonds. The lowest BCUT2D eigenvalue weighted by molar-refractivity contribution is -0.128. The molecule has 9 heteroatoms. The molecule has 0 bridgehead atoms. The number of hydrogen-bond donors (Lipinski definition) is 2. The molecule has 1 fully saturated rings. The molecule has 1 unspecified atom stereocenters. The summed E-state index contributed by atoms with van der Waals surface area (Å²) in [6, 6.07) is 4.67. The third-order valence-corrected chi connectivity index (χ3v) is 5.52. The van der Waals surface area contributed by atoms with Crippen LogP contribution in [-0.2, 0) is 19.6 Å². The number of carbonyl (C=O) groups excluding carboxylic acids is 1. The van der Waals surface area contributed by atoms with Gasteiger partial charge in [0.15, 0.2) is 0 Å². The molecule has 1 aliphatic rings. The van der Waals surface area contributed by atoms with E-state index in [2.05, 4.69) is 10.6 Å². The van der Waals surface area contributed by atoms with Crippen LogP contribution in [0.3, 0.4) is 0 Å². The summed E-state index contributed by atoms with van der Waals surface area (Å²) in [5.41, 5.74) is 1.15. The highest BCUT2D eigenvalue weighted by molar-refractivity contribution is 7.89. The molecule has 1 aliphatic heterocycles. The van der Waals surface area contributed by atoms with Crippen LogP contribution in [-0.4, -0.2) is 72.6 Å². The van der Waals surface area contributed by atoms with Gasteiger partial charge in [-0.15, -0.1) is 0 Å². The first-order valence-electron chi connectivity index (χ1n) is 7.60. The second-order valence-electron chi connectivity index (χ2n) is 5.91. The molecule has 1 atom stereocenters. The van der Waals surface area contributed by atoms with Gasteiger partial charge in [0.1, 0.15) is 6.10 Å². The average Bonchev–Trinajstić information content (AvgIpc) is 2.55. The number of carbonyl (C=O) groups is 1. The zero-order valence-corrected chi connectivity index (χ0v) is 15.2. The van der Waals surface area contributed by atoms with Crippen molar-refractivity contribution in [3.05, 3.63) is 18.2 Å². The van der Waals surface area contributed by atoms with Gasteiger partial charge in [0.2, 0.25) is 10.0 Å². The van der Waals surface area contributed by atoms with Crippen molar-refractivity contribution in [2.24, 2.45) is 0 Å². The van der Waals surface area contributed by atoms with E-state index in [9.17, 15) is 13.2 Å². The van der Waals surface area contributed by atoms with Gasteiger partial charge in [-0.25, -0.2) is 12.7 Å². The highest BCUT2D eigenvalue weighted by Crippen LogP contribution is 2.28. The average molecular weight is 356 g/mol. The number of rotatable bonds is 5. The maximum absolute atomic E-state index is 12.4. The lowest BCUT2D eigenvalue weighted by Crippen LogP contribution is -2.45. The minimum atomic E-state index is -3.58. The monoisotopic (exact) mass is 356 g/mol. The zero-order valence-electron chi connectivity index (χ0n) is 14.4. The summed E-state index contributed by atoms with van der Waals surface area (Å²) in [6.07, 6.45) is -0.595. The lowest BCUT2D eigenvalue weighted by Gasteiger charge is -2.25. The summed E-state index contributed by atoms with van der Waals surface area (Å²) in [5, 5.41) is 5.88. The summed E-state index contributed by atoms with van der Waals surface area (Å²) in [6.45, 7) is 1.61. The summed E-state index contributed by atoms with van der Waals surface area (Å²) in [5.74, 6) is -0.301. The van der Waals surface area contributed by atoms with Crippen molar-refractivity contribution in [1.29, 1.82) is 0 Å². The molecule has 0 radical (unpaired) electrons. The summed E-state index contributed by atoms with van der Waals surface area (Å²) in [4.78, 5) is 14.3. The molecule has 1 saturated heterocycles. The Morgan fingerprint density at radius 2 is 2.00 bits per heavy atom. The predicted octanol–water partition coefficient (Wildman–Crippen LogP) is -0.0702. The minimum Gasteiger partial charge on any atom is -0.376 e. The molecule has 1 aromatic rings. The molecule has 0 saturated carbocycles. The van der Waals surface area contributed by atoms with E-state index in [0.717, 1.165) is 4.31 Å². The first kappa shape index (κ1) is 18.7. The Labute approximate surface area is 142 Å². The number of anilines is 2. The number of hydrogen-bond acceptors (Lipinski definition) is 6. The molecule has 24 heavy (non-hydrogen) atoms. The molecular formula is C15H24N4O4S. The Bertz CT molecular complexity index is 697. The molecule has 8 nitrogen and oxygen atoms in total. The highest BCUT2D eigenvalue weighted by atomic mass is 32.2. The molecule has 0 aliphatic carbocycles. The van der Waals surface area contributed by atoms with E-state index in [1.165, 1.54) is 26.2 Å². The second kappa shape index (κ2) is 7.47. The Balaban J connectivity index is 2.33. The van der Waals surface area contributed by atoms with E-state index < -0.39 is 16.1 Å². The number of benzene rings is 1. The first-order chi connectivity index (χ1) is 11.2. The van der Waals surface area contributed by atoms with Crippen LogP contribution in [0, 0.1) is 0 Å². The van der Waals surface area contributed by atoms with Crippen LogP contribution in [0.25, 0.3) is 0 Å². The summed E-state index contributed by atoms with van der Waals surface area (Å²) < 4.78 is 31.2. The van der Waals surface area contributed by atoms with Crippen LogP contribution >= 0.6 is 0 Å². The molecule has 1 aromatic carbocycles.